The summed E-state index contributed by atoms with van der Waals surface area (Å²) in [4.78, 5) is 285. The van der Waals surface area contributed by atoms with Crippen molar-refractivity contribution in [1.29, 1.82) is 0 Å². The summed E-state index contributed by atoms with van der Waals surface area (Å²) in [6.07, 6.45) is -0.709. The highest BCUT2D eigenvalue weighted by Crippen LogP contribution is 2.28. The minimum atomic E-state index is -1.90. The molecular weight excluding hydrogens is 1770 g/mol. The predicted molar refractivity (Wildman–Crippen MR) is 495 cm³/mol. The molecule has 15 atom stereocenters. The lowest BCUT2D eigenvalue weighted by Crippen LogP contribution is -2.62. The Hall–Kier alpha value is -13.0. The fraction of sp³-hybridized carbons (Fsp3) is 0.567. The maximum Gasteiger partial charge on any atom is 0.329 e. The fourth-order valence-electron chi connectivity index (χ4n) is 16.7. The van der Waals surface area contributed by atoms with Gasteiger partial charge in [0.2, 0.25) is 100 Å². The van der Waals surface area contributed by atoms with Crippen molar-refractivity contribution >= 4 is 140 Å². The number of nitrogens with one attached hydrogen (secondary N) is 11. The van der Waals surface area contributed by atoms with Crippen LogP contribution in [-0.2, 0) is 112 Å². The minimum Gasteiger partial charge on any atom is -0.508 e. The summed E-state index contributed by atoms with van der Waals surface area (Å²) in [5, 5.41) is 58.6. The summed E-state index contributed by atoms with van der Waals surface area (Å²) in [6.45, 7) is 7.93. The van der Waals surface area contributed by atoms with E-state index in [2.05, 4.69) is 58.2 Å². The number of aromatic hydroxyl groups is 1. The van der Waals surface area contributed by atoms with Gasteiger partial charge in [0.15, 0.2) is 0 Å². The van der Waals surface area contributed by atoms with Crippen LogP contribution in [0, 0.1) is 11.8 Å². The highest BCUT2D eigenvalue weighted by molar-refractivity contribution is 8.00. The van der Waals surface area contributed by atoms with E-state index in [1.54, 1.807) is 65.1 Å². The summed E-state index contributed by atoms with van der Waals surface area (Å²) >= 11 is 0.771. The summed E-state index contributed by atoms with van der Waals surface area (Å²) in [5.41, 5.74) is 24.3. The number of hydrogen-bond donors (Lipinski definition) is 18. The molecule has 22 N–H and O–H groups in total. The number of H-pyrrole nitrogens is 1. The number of aromatic nitrogens is 3. The van der Waals surface area contributed by atoms with E-state index in [9.17, 15) is 72.9 Å². The number of carbonyl (C=O) groups excluding carboxylic acids is 17. The quantitative estimate of drug-likeness (QED) is 0.0254. The van der Waals surface area contributed by atoms with E-state index in [-0.39, 0.29) is 106 Å². The van der Waals surface area contributed by atoms with Crippen molar-refractivity contribution in [3.05, 3.63) is 101 Å². The molecule has 5 aromatic rings. The number of thioether (sulfide) groups is 1. The number of likely N-dealkylation sites (N-methyl/N-ethyl adjacent to an activating group) is 3. The molecule has 135 heavy (non-hydrogen) atoms. The molecule has 0 saturated carbocycles. The molecule has 3 fully saturated rings. The Morgan fingerprint density at radius 3 is 1.73 bits per heavy atom. The van der Waals surface area contributed by atoms with Gasteiger partial charge in [-0.3, -0.25) is 95.4 Å². The van der Waals surface area contributed by atoms with E-state index in [1.165, 1.54) is 76.6 Å². The molecule has 3 saturated heterocycles. The Balaban J connectivity index is 1.21. The maximum atomic E-state index is 16.0. The van der Waals surface area contributed by atoms with Gasteiger partial charge in [0, 0.05) is 82.9 Å². The number of carboxylic acid groups (broad SMARTS) is 1. The first-order chi connectivity index (χ1) is 64.0. The van der Waals surface area contributed by atoms with Crippen LogP contribution in [0.5, 0.6) is 5.75 Å². The monoisotopic (exact) mass is 1900 g/mol. The number of hydrogen-bond acceptors (Lipinski definition) is 24. The number of aliphatic carboxylic acids is 1. The van der Waals surface area contributed by atoms with Gasteiger partial charge in [-0.25, -0.2) is 4.79 Å². The number of carbonyl (C=O) groups is 18. The molecule has 3 aliphatic heterocycles. The average Bonchev–Trinajstić information content (AvgIpc) is 1.62. The molecule has 44 nitrogen and oxygen atoms in total. The van der Waals surface area contributed by atoms with E-state index < -0.39 is 260 Å². The third-order valence-corrected chi connectivity index (χ3v) is 25.1. The number of nitrogens with zero attached hydrogens (tertiary/aromatic N) is 7. The third kappa shape index (κ3) is 29.2. The van der Waals surface area contributed by atoms with Gasteiger partial charge in [-0.1, -0.05) is 110 Å². The largest absolute Gasteiger partial charge is 0.508 e. The zero-order chi connectivity index (χ0) is 99.5. The topological polar surface area (TPSA) is 651 Å². The first-order valence-corrected chi connectivity index (χ1v) is 46.5. The molecule has 738 valence electrons. The first-order valence-electron chi connectivity index (χ1n) is 45.4. The van der Waals surface area contributed by atoms with Crippen LogP contribution in [0.4, 0.5) is 0 Å². The highest BCUT2D eigenvalue weighted by Gasteiger charge is 2.47. The lowest BCUT2D eigenvalue weighted by atomic mass is 10.00. The van der Waals surface area contributed by atoms with E-state index in [4.69, 9.17) is 22.9 Å². The number of aliphatic hydroxyl groups excluding tert-OH is 1. The summed E-state index contributed by atoms with van der Waals surface area (Å²) < 4.78 is 1.98. The van der Waals surface area contributed by atoms with Crippen molar-refractivity contribution in [2.45, 2.75) is 249 Å². The van der Waals surface area contributed by atoms with Gasteiger partial charge in [0.1, 0.15) is 96.9 Å². The number of unbranched alkanes of at least 4 members (excludes halogenated alkanes) is 2. The van der Waals surface area contributed by atoms with E-state index >= 15 is 33.6 Å². The van der Waals surface area contributed by atoms with E-state index in [0.29, 0.717) is 41.3 Å². The number of nitrogens with two attached hydrogens (primary N) is 4. The molecule has 0 bridgehead atoms. The maximum absolute atomic E-state index is 16.0. The van der Waals surface area contributed by atoms with Crippen LogP contribution in [0.1, 0.15) is 143 Å². The minimum absolute atomic E-state index is 0.0263. The zero-order valence-electron chi connectivity index (χ0n) is 77.7. The van der Waals surface area contributed by atoms with E-state index in [1.807, 2.05) is 6.92 Å². The predicted octanol–water partition coefficient (Wildman–Crippen LogP) is -3.62. The molecule has 1 unspecified atom stereocenters. The normalized spacial score (nSPS) is 24.9. The van der Waals surface area contributed by atoms with Crippen molar-refractivity contribution in [3.8, 4) is 5.75 Å². The number of imidazole rings is 1. The zero-order valence-corrected chi connectivity index (χ0v) is 78.6. The van der Waals surface area contributed by atoms with Gasteiger partial charge in [0.25, 0.3) is 0 Å². The molecule has 5 heterocycles. The number of phenols is 1. The molecule has 2 aromatic heterocycles. The third-order valence-electron chi connectivity index (χ3n) is 24.1. The fourth-order valence-corrected chi connectivity index (χ4v) is 17.6. The number of carboxylic acids is 1. The van der Waals surface area contributed by atoms with Gasteiger partial charge in [-0.05, 0) is 112 Å². The van der Waals surface area contributed by atoms with Crippen LogP contribution in [0.3, 0.4) is 0 Å². The first kappa shape index (κ1) is 107. The van der Waals surface area contributed by atoms with Crippen LogP contribution in [0.2, 0.25) is 0 Å². The Morgan fingerprint density at radius 2 is 1.10 bits per heavy atom. The number of primary amides is 2. The van der Waals surface area contributed by atoms with Gasteiger partial charge in [-0.2, -0.15) is 0 Å². The van der Waals surface area contributed by atoms with Crippen LogP contribution in [0.15, 0.2) is 83.8 Å². The van der Waals surface area contributed by atoms with Crippen LogP contribution in [-0.4, -0.2) is 316 Å². The average molecular weight is 1900 g/mol. The second-order valence-corrected chi connectivity index (χ2v) is 36.3. The SMILES string of the molecule is CCCC[C@H]1C(=O)N(C)[C@@H](CCCC)C(=O)N[C@@H](CC(C)C)C(=O)N[C@H](C(=O)NCC(N)=O)CSCC(=O)N[C@@H](Cc2ccc(O)cc2)C(=O)N(C)[C@@H](C)C(=O)N[C@@H](CC(N)=O)C(=O)N2CCC[C@H]2C(=O)N[C@@H](CN)C(=O)N[C@@H](CC(C)C)C(=O)N2C[C@H](O)C[C@H]2C(=O)N[C@@H](Cc2c[nH]c3ccccc23)C(=O)N[C@@H](CCN)C(=O)NC(Cn2c(=O)n(CC(=O)O)c3ccccc32)C(=O)N1C. The summed E-state index contributed by atoms with van der Waals surface area (Å²) in [5.74, 6) is -19.7. The Morgan fingerprint density at radius 1 is 0.548 bits per heavy atom. The number of phenolic OH excluding ortho intramolecular Hbond substituents is 1. The highest BCUT2D eigenvalue weighted by atomic mass is 32.2. The lowest BCUT2D eigenvalue weighted by Gasteiger charge is -2.36. The van der Waals surface area contributed by atoms with Crippen molar-refractivity contribution in [2.24, 2.45) is 34.8 Å². The number of aliphatic hydroxyl groups is 1. The van der Waals surface area contributed by atoms with E-state index in [0.717, 1.165) is 45.4 Å². The molecule has 0 spiro atoms. The molecular formula is C90H130N22O22S. The van der Waals surface area contributed by atoms with Gasteiger partial charge < -0.3 is 121 Å². The number of benzene rings is 3. The molecule has 17 amide bonds. The second kappa shape index (κ2) is 50.3. The summed E-state index contributed by atoms with van der Waals surface area (Å²) in [7, 11) is 3.78. The van der Waals surface area contributed by atoms with Crippen molar-refractivity contribution < 1.29 is 102 Å². The van der Waals surface area contributed by atoms with Gasteiger partial charge >= 0.3 is 11.7 Å². The standard InChI is InChI=1S/C90H130N22O22S/c1-11-13-22-68-82(126)99-58(34-48(3)4)79(123)105-65(77(121)96-42-73(94)116)46-135-47-74(117)97-61(36-51-27-29-53(113)30-28-51)85(129)106(8)50(7)76(120)101-62(39-72(93)115)87(131)109-33-19-26-69(109)83(127)103-63(40-92)81(125)102-60(35-49(5)6)88(132)110-43-54(114)38-71(110)84(128)100-59(37-52-41-95-56-21-16-15-20-55(52)56)80(124)98-57(31-32-91)78(122)104-64(86(130)108(10)70(23-14-12-2)89(133)107(68)9)44-111-66-24-17-18-25-67(66)112(90(111)134)45-75(118)119/h15-18,20-21,24-25,27-30,41,48-50,54,57-65,68-71,95,113-114H,11-14,19,22-23,26,31-40,42-47,91-92H2,1-10H3,(H2,93,115)(H2,94,116)(H,96,121)(H,97,117)(H,98,124)(H,99,126)(H,100,128)(H,101,120)(H,102,125)(H,103,127)(H,104,122)(H,105,123)(H,118,119)/t50-,54+,57-,58-,59-,60-,61-,62-,63-,64?,65-,68-,69-,70-,71-/m0/s1. The van der Waals surface area contributed by atoms with Crippen LogP contribution < -0.4 is 81.8 Å². The Bertz CT molecular complexity index is 5180. The molecule has 3 aromatic carbocycles. The smallest absolute Gasteiger partial charge is 0.329 e. The van der Waals surface area contributed by atoms with Gasteiger partial charge in [-0.15, -0.1) is 11.8 Å². The lowest BCUT2D eigenvalue weighted by molar-refractivity contribution is -0.149. The van der Waals surface area contributed by atoms with Gasteiger partial charge in [0.05, 0.1) is 42.4 Å². The van der Waals surface area contributed by atoms with Crippen LogP contribution >= 0.6 is 11.8 Å². The van der Waals surface area contributed by atoms with Crippen molar-refractivity contribution in [2.75, 3.05) is 65.4 Å². The van der Waals surface area contributed by atoms with Crippen LogP contribution in [0.25, 0.3) is 21.9 Å². The number of aromatic amines is 1. The Labute approximate surface area is 784 Å². The molecule has 0 radical (unpaired) electrons. The number of fused-ring (bicyclic) bond motifs is 4. The second-order valence-electron chi connectivity index (χ2n) is 35.3. The van der Waals surface area contributed by atoms with Crippen molar-refractivity contribution in [3.63, 3.8) is 0 Å². The summed E-state index contributed by atoms with van der Waals surface area (Å²) in [6, 6.07) is -3.62. The molecule has 8 rings (SSSR count). The van der Waals surface area contributed by atoms with Crippen molar-refractivity contribution in [1.82, 2.24) is 91.8 Å². The number of rotatable bonds is 26. The number of para-hydroxylation sites is 3. The molecule has 45 heteroatoms. The molecule has 3 aliphatic rings. The Kier molecular flexibility index (Phi) is 40.0. The molecule has 0 aliphatic carbocycles. The number of amides is 17.